The number of thiophene rings is 1. The van der Waals surface area contributed by atoms with Gasteiger partial charge in [-0.2, -0.15) is 0 Å². The number of carbonyl (C=O) groups excluding carboxylic acids is 18. The van der Waals surface area contributed by atoms with Gasteiger partial charge in [0.15, 0.2) is 0 Å². The van der Waals surface area contributed by atoms with Crippen LogP contribution in [0.1, 0.15) is 141 Å². The van der Waals surface area contributed by atoms with Crippen LogP contribution in [-0.4, -0.2) is 307 Å². The maximum absolute atomic E-state index is 15.7. The van der Waals surface area contributed by atoms with Gasteiger partial charge in [0.25, 0.3) is 0 Å². The lowest BCUT2D eigenvalue weighted by molar-refractivity contribution is -0.149. The summed E-state index contributed by atoms with van der Waals surface area (Å²) in [6.45, 7) is 5.84. The molecule has 43 heteroatoms. The number of hydrogen-bond acceptors (Lipinski definition) is 24. The van der Waals surface area contributed by atoms with E-state index in [9.17, 15) is 68.1 Å². The fourth-order valence-electron chi connectivity index (χ4n) is 16.1. The number of fused-ring (bicyclic) bond motifs is 4. The topological polar surface area (TPSA) is 624 Å². The smallest absolute Gasteiger partial charge is 0.246 e. The molecule has 3 aliphatic rings. The van der Waals surface area contributed by atoms with E-state index in [1.165, 1.54) is 63.7 Å². The number of nitrogens with two attached hydrogens (primary N) is 4. The number of phenolic OH excluding ortho intramolecular Hbond substituents is 1. The van der Waals surface area contributed by atoms with Crippen LogP contribution in [-0.2, 0) is 106 Å². The first-order valence-corrected chi connectivity index (χ1v) is 45.9. The normalized spacial score (nSPS) is 25.2. The number of nitrogens with zero attached hydrogens (tertiary/aromatic N) is 5. The van der Waals surface area contributed by atoms with Crippen LogP contribution < -0.4 is 76.1 Å². The molecule has 5 heterocycles. The number of thioether (sulfide) groups is 1. The van der Waals surface area contributed by atoms with Crippen molar-refractivity contribution in [2.24, 2.45) is 28.9 Å². The lowest BCUT2D eigenvalue weighted by Crippen LogP contribution is -2.62. The highest BCUT2D eigenvalue weighted by Gasteiger charge is 2.47. The van der Waals surface area contributed by atoms with E-state index in [-0.39, 0.29) is 83.0 Å². The lowest BCUT2D eigenvalue weighted by atomic mass is 10.00. The van der Waals surface area contributed by atoms with E-state index in [1.807, 2.05) is 32.0 Å². The second-order valence-electron chi connectivity index (χ2n) is 33.7. The van der Waals surface area contributed by atoms with Gasteiger partial charge in [-0.15, -0.1) is 23.1 Å². The Morgan fingerprint density at radius 2 is 1.09 bits per heavy atom. The van der Waals surface area contributed by atoms with Crippen LogP contribution in [0.3, 0.4) is 0 Å². The molecular formula is C88H124N20O21S2. The number of aliphatic hydroxyl groups is 2. The minimum absolute atomic E-state index is 0.000775. The number of nitrogens with one attached hydrogen (secondary N) is 11. The van der Waals surface area contributed by atoms with Crippen LogP contribution in [0.5, 0.6) is 5.75 Å². The number of primary amides is 3. The summed E-state index contributed by atoms with van der Waals surface area (Å²) in [7, 11) is 3.91. The lowest BCUT2D eigenvalue weighted by Gasteiger charge is -2.36. The molecule has 2 aromatic heterocycles. The molecule has 0 saturated carbocycles. The van der Waals surface area contributed by atoms with Crippen molar-refractivity contribution in [2.75, 3.05) is 65.4 Å². The maximum Gasteiger partial charge on any atom is 0.246 e. The number of aliphatic hydroxyl groups excluding tert-OH is 2. The number of rotatable bonds is 25. The first-order valence-electron chi connectivity index (χ1n) is 43.9. The van der Waals surface area contributed by atoms with Gasteiger partial charge >= 0.3 is 0 Å². The molecule has 3 aromatic carbocycles. The number of phenols is 1. The van der Waals surface area contributed by atoms with E-state index >= 15 is 33.6 Å². The minimum Gasteiger partial charge on any atom is -0.508 e. The molecule has 0 aliphatic carbocycles. The molecule has 0 unspecified atom stereocenters. The van der Waals surface area contributed by atoms with Crippen molar-refractivity contribution < 1.29 is 102 Å². The Morgan fingerprint density at radius 3 is 1.75 bits per heavy atom. The molecule has 8 rings (SSSR count). The van der Waals surface area contributed by atoms with Crippen LogP contribution in [0.4, 0.5) is 0 Å². The highest BCUT2D eigenvalue weighted by atomic mass is 32.2. The zero-order valence-electron chi connectivity index (χ0n) is 74.8. The number of hydrogen-bond donors (Lipinski definition) is 18. The number of amides is 18. The molecule has 714 valence electrons. The number of aromatic amines is 1. The van der Waals surface area contributed by atoms with Gasteiger partial charge in [-0.25, -0.2) is 0 Å². The van der Waals surface area contributed by atoms with Crippen molar-refractivity contribution >= 4 is 150 Å². The monoisotopic (exact) mass is 1860 g/mol. The van der Waals surface area contributed by atoms with Gasteiger partial charge in [0.05, 0.1) is 37.9 Å². The van der Waals surface area contributed by atoms with E-state index in [0.717, 1.165) is 41.0 Å². The number of benzene rings is 3. The summed E-state index contributed by atoms with van der Waals surface area (Å²) >= 11 is 2.12. The van der Waals surface area contributed by atoms with Crippen molar-refractivity contribution in [3.8, 4) is 5.75 Å². The molecule has 0 radical (unpaired) electrons. The van der Waals surface area contributed by atoms with Crippen molar-refractivity contribution in [3.05, 3.63) is 101 Å². The van der Waals surface area contributed by atoms with Crippen LogP contribution in [0, 0.1) is 5.92 Å². The molecule has 3 saturated heterocycles. The molecule has 41 nitrogen and oxygen atoms in total. The van der Waals surface area contributed by atoms with Gasteiger partial charge < -0.3 is 121 Å². The van der Waals surface area contributed by atoms with Gasteiger partial charge in [-0.05, 0) is 116 Å². The second-order valence-corrected chi connectivity index (χ2v) is 35.7. The number of para-hydroxylation sites is 1. The molecule has 18 amide bonds. The average Bonchev–Trinajstić information content (AvgIpc) is 1.65. The van der Waals surface area contributed by atoms with Gasteiger partial charge in [0.1, 0.15) is 90.3 Å². The molecular weight excluding hydrogens is 1740 g/mol. The summed E-state index contributed by atoms with van der Waals surface area (Å²) in [5.74, 6) is -19.2. The standard InChI is InChI=1S/C88H124N20O21S2/c1-9-11-23-66-81(122)96-57(22-17-31-89)77(118)103-65(76(117)94-41-73(92)114)45-130-46-74(115)95-61(34-49-27-29-52(110)30-28-49)84(125)104(6)48(5)75(116)99-63(39-72(91)113)86(127)107-32-18-25-67(107)82(123)98-59(38-71(90)112)79(120)100-60(33-47(3)4)87(128)108-42-53(111)37-69(108)83(124)97-58(35-50-40-93-56-21-15-13-19-54(50)56)78(119)102-64(43-109)80(121)101-62(36-51-44-131-70-26-16-14-20-55(51)70)85(126)106(8)68(24-12-10-2)88(129)105(66)7/h13-16,19-21,26-30,40,44,47-48,53,57-69,93,109-111H,9-12,17-18,22-25,31-39,41-43,45-46,89H2,1-8H3,(H2,90,112)(H2,91,113)(H2,92,114)(H,94,117)(H,95,115)(H,96,122)(H,97,124)(H,98,123)(H,99,116)(H,100,120)(H,101,121)(H,102,119)(H,103,118)/t48-,53+,57-,58-,59-,60-,61-,62-,63+,64-,65-,66-,67-,68-,69-/m0/s1. The summed E-state index contributed by atoms with van der Waals surface area (Å²) in [5, 5.41) is 61.8. The number of unbranched alkanes of at least 4 members (excludes halogenated alkanes) is 2. The van der Waals surface area contributed by atoms with Crippen molar-refractivity contribution in [1.29, 1.82) is 0 Å². The number of H-pyrrole nitrogens is 1. The third-order valence-corrected chi connectivity index (χ3v) is 25.4. The SMILES string of the molecule is CCCC[C@H]1C(=O)N(C)[C@@H](CCCC)C(=O)N[C@@H](CCCN)C(=O)N[C@H](C(=O)NCC(N)=O)CSCC(=O)N[C@@H](Cc2ccc(O)cc2)C(=O)N(C)[C@@H](C)C(=O)N[C@H](CC(N)=O)C(=O)N2CCC[C@H]2C(=O)N[C@@H](CC(N)=O)C(=O)N[C@@H](CC(C)C)C(=O)N2C[C@H](O)C[C@H]2C(=O)N[C@@H](Cc2c[nH]c3ccccc23)C(=O)N[C@@H](CO)C(=O)N[C@@H](Cc2csc3ccccc23)C(=O)N1C. The van der Waals surface area contributed by atoms with Crippen molar-refractivity contribution in [2.45, 2.75) is 234 Å². The quantitative estimate of drug-likeness (QED) is 0.0280. The predicted molar refractivity (Wildman–Crippen MR) is 484 cm³/mol. The molecule has 0 bridgehead atoms. The first-order chi connectivity index (χ1) is 62.3. The first kappa shape index (κ1) is 104. The van der Waals surface area contributed by atoms with Gasteiger partial charge in [-0.1, -0.05) is 102 Å². The Kier molecular flexibility index (Phi) is 39.4. The van der Waals surface area contributed by atoms with E-state index < -0.39 is 253 Å². The summed E-state index contributed by atoms with van der Waals surface area (Å²) in [5.41, 5.74) is 24.8. The fraction of sp³-hybridized carbons (Fsp3) is 0.545. The summed E-state index contributed by atoms with van der Waals surface area (Å²) in [6, 6.07) is -2.53. The van der Waals surface area contributed by atoms with Crippen LogP contribution in [0.15, 0.2) is 84.4 Å². The van der Waals surface area contributed by atoms with Crippen molar-refractivity contribution in [3.63, 3.8) is 0 Å². The number of aromatic nitrogens is 1. The third kappa shape index (κ3) is 29.1. The van der Waals surface area contributed by atoms with Crippen molar-refractivity contribution in [1.82, 2.24) is 82.7 Å². The Hall–Kier alpha value is -12.4. The average molecular weight is 1860 g/mol. The Bertz CT molecular complexity index is 4940. The van der Waals surface area contributed by atoms with E-state index in [0.29, 0.717) is 58.7 Å². The predicted octanol–water partition coefficient (Wildman–Crippen LogP) is -2.81. The fourth-order valence-corrected chi connectivity index (χ4v) is 17.9. The molecule has 131 heavy (non-hydrogen) atoms. The summed E-state index contributed by atoms with van der Waals surface area (Å²) in [4.78, 5) is 270. The zero-order chi connectivity index (χ0) is 96.2. The van der Waals surface area contributed by atoms with Gasteiger partial charge in [0.2, 0.25) is 106 Å². The highest BCUT2D eigenvalue weighted by molar-refractivity contribution is 8.00. The largest absolute Gasteiger partial charge is 0.508 e. The summed E-state index contributed by atoms with van der Waals surface area (Å²) < 4.78 is 0.811. The summed E-state index contributed by atoms with van der Waals surface area (Å²) in [6.07, 6.45) is -1.25. The van der Waals surface area contributed by atoms with Gasteiger partial charge in [-0.3, -0.25) is 86.3 Å². The molecule has 5 aromatic rings. The molecule has 22 N–H and O–H groups in total. The number of aromatic hydroxyl groups is 1. The third-order valence-electron chi connectivity index (χ3n) is 23.3. The minimum atomic E-state index is -1.89. The Balaban J connectivity index is 1.19. The number of carbonyl (C=O) groups is 18. The van der Waals surface area contributed by atoms with E-state index in [1.54, 1.807) is 55.8 Å². The molecule has 3 fully saturated rings. The molecule has 3 aliphatic heterocycles. The molecule has 15 atom stereocenters. The van der Waals surface area contributed by atoms with Crippen LogP contribution in [0.2, 0.25) is 0 Å². The second kappa shape index (κ2) is 49.6. The van der Waals surface area contributed by atoms with E-state index in [2.05, 4.69) is 58.2 Å². The van der Waals surface area contributed by atoms with Crippen LogP contribution in [0.25, 0.3) is 21.0 Å². The van der Waals surface area contributed by atoms with Crippen LogP contribution >= 0.6 is 23.1 Å². The highest BCUT2D eigenvalue weighted by Crippen LogP contribution is 2.30. The Labute approximate surface area is 766 Å². The van der Waals surface area contributed by atoms with E-state index in [4.69, 9.17) is 22.9 Å². The molecule has 0 spiro atoms. The Morgan fingerprint density at radius 1 is 0.542 bits per heavy atom. The maximum atomic E-state index is 15.7. The number of likely N-dealkylation sites (N-methyl/N-ethyl adjacent to an activating group) is 3. The van der Waals surface area contributed by atoms with Gasteiger partial charge in [0, 0.05) is 87.5 Å². The zero-order valence-corrected chi connectivity index (χ0v) is 76.5.